The molecule has 4 nitrogen and oxygen atoms in total. The lowest BCUT2D eigenvalue weighted by atomic mass is 10.1. The van der Waals surface area contributed by atoms with Gasteiger partial charge in [0.1, 0.15) is 5.69 Å². The Kier molecular flexibility index (Phi) is 3.90. The van der Waals surface area contributed by atoms with Crippen LogP contribution < -0.4 is 5.32 Å². The van der Waals surface area contributed by atoms with Crippen LogP contribution in [0.4, 0.5) is 5.13 Å². The molecule has 90 valence electrons. The van der Waals surface area contributed by atoms with E-state index in [9.17, 15) is 4.79 Å². The van der Waals surface area contributed by atoms with E-state index in [1.54, 1.807) is 6.20 Å². The van der Waals surface area contributed by atoms with Crippen LogP contribution in [-0.2, 0) is 0 Å². The predicted octanol–water partition coefficient (Wildman–Crippen LogP) is 3.74. The Balaban J connectivity index is 2.24. The number of nitrogens with zero attached hydrogens (tertiary/aromatic N) is 2. The lowest BCUT2D eigenvalue weighted by molar-refractivity contribution is 0.102. The summed E-state index contributed by atoms with van der Waals surface area (Å²) >= 11 is 6.19. The molecule has 0 saturated carbocycles. The molecule has 1 amide bonds. The molecule has 0 atom stereocenters. The average molecular weight is 332 g/mol. The maximum atomic E-state index is 12.0. The zero-order valence-corrected chi connectivity index (χ0v) is 12.4. The van der Waals surface area contributed by atoms with Crippen LogP contribution in [-0.4, -0.2) is 15.9 Å². The Bertz CT molecular complexity index is 522. The van der Waals surface area contributed by atoms with Crippen LogP contribution in [0.15, 0.2) is 15.5 Å². The molecule has 7 heteroatoms. The minimum Gasteiger partial charge on any atom is -0.296 e. The summed E-state index contributed by atoms with van der Waals surface area (Å²) in [4.78, 5) is 21.2. The maximum absolute atomic E-state index is 12.0. The van der Waals surface area contributed by atoms with E-state index < -0.39 is 0 Å². The van der Waals surface area contributed by atoms with Crippen LogP contribution in [0.3, 0.4) is 0 Å². The fourth-order valence-electron chi connectivity index (χ4n) is 1.30. The molecule has 0 spiro atoms. The van der Waals surface area contributed by atoms with Gasteiger partial charge in [0, 0.05) is 16.5 Å². The van der Waals surface area contributed by atoms with Crippen molar-refractivity contribution in [1.29, 1.82) is 0 Å². The van der Waals surface area contributed by atoms with Crippen LogP contribution in [0.5, 0.6) is 0 Å². The third-order valence-electron chi connectivity index (χ3n) is 2.02. The molecular formula is C10H10BrN3OS2. The van der Waals surface area contributed by atoms with Gasteiger partial charge in [-0.05, 0) is 21.8 Å². The van der Waals surface area contributed by atoms with Crippen molar-refractivity contribution in [3.8, 4) is 0 Å². The summed E-state index contributed by atoms with van der Waals surface area (Å²) in [6.07, 6.45) is 1.65. The highest BCUT2D eigenvalue weighted by molar-refractivity contribution is 9.11. The van der Waals surface area contributed by atoms with Gasteiger partial charge in [-0.15, -0.1) is 22.7 Å². The van der Waals surface area contributed by atoms with Gasteiger partial charge in [-0.1, -0.05) is 13.8 Å². The molecule has 0 aromatic carbocycles. The molecule has 0 aliphatic heterocycles. The molecule has 17 heavy (non-hydrogen) atoms. The summed E-state index contributed by atoms with van der Waals surface area (Å²) in [5, 5.41) is 5.15. The van der Waals surface area contributed by atoms with Crippen molar-refractivity contribution >= 4 is 49.6 Å². The monoisotopic (exact) mass is 331 g/mol. The molecule has 0 aliphatic rings. The van der Waals surface area contributed by atoms with E-state index in [2.05, 4.69) is 31.2 Å². The number of nitrogens with one attached hydrogen (secondary N) is 1. The summed E-state index contributed by atoms with van der Waals surface area (Å²) in [7, 11) is 0. The second-order valence-corrected chi connectivity index (χ2v) is 6.83. The quantitative estimate of drug-likeness (QED) is 0.932. The van der Waals surface area contributed by atoms with Crippen LogP contribution in [0.2, 0.25) is 0 Å². The number of carbonyl (C=O) groups is 1. The number of aromatic nitrogens is 2. The summed E-state index contributed by atoms with van der Waals surface area (Å²) in [5.41, 5.74) is 0.479. The Morgan fingerprint density at radius 2 is 2.29 bits per heavy atom. The lowest BCUT2D eigenvalue weighted by Crippen LogP contribution is -2.14. The SMILES string of the molecule is CC(C)c1sc(Br)nc1C(=O)Nc1nccs1. The van der Waals surface area contributed by atoms with Gasteiger partial charge >= 0.3 is 0 Å². The Morgan fingerprint density at radius 3 is 2.88 bits per heavy atom. The number of anilines is 1. The van der Waals surface area contributed by atoms with Crippen molar-refractivity contribution in [2.45, 2.75) is 19.8 Å². The second-order valence-electron chi connectivity index (χ2n) is 3.63. The number of amides is 1. The van der Waals surface area contributed by atoms with E-state index in [1.165, 1.54) is 22.7 Å². The predicted molar refractivity (Wildman–Crippen MR) is 74.0 cm³/mol. The van der Waals surface area contributed by atoms with E-state index in [1.807, 2.05) is 19.2 Å². The van der Waals surface area contributed by atoms with Crippen molar-refractivity contribution in [2.75, 3.05) is 5.32 Å². The second kappa shape index (κ2) is 5.24. The maximum Gasteiger partial charge on any atom is 0.277 e. The first kappa shape index (κ1) is 12.7. The van der Waals surface area contributed by atoms with E-state index in [4.69, 9.17) is 0 Å². The first-order valence-corrected chi connectivity index (χ1v) is 7.44. The smallest absolute Gasteiger partial charge is 0.277 e. The molecule has 2 heterocycles. The van der Waals surface area contributed by atoms with Gasteiger partial charge in [0.25, 0.3) is 5.91 Å². The van der Waals surface area contributed by atoms with E-state index in [-0.39, 0.29) is 11.8 Å². The van der Waals surface area contributed by atoms with E-state index >= 15 is 0 Å². The fourth-order valence-corrected chi connectivity index (χ4v) is 3.31. The Hall–Kier alpha value is -0.790. The molecule has 0 radical (unpaired) electrons. The van der Waals surface area contributed by atoms with Crippen LogP contribution in [0.1, 0.15) is 35.1 Å². The van der Waals surface area contributed by atoms with E-state index in [0.717, 1.165) is 8.79 Å². The summed E-state index contributed by atoms with van der Waals surface area (Å²) in [5.74, 6) is 0.0708. The minimum atomic E-state index is -0.203. The molecule has 0 fully saturated rings. The standard InChI is InChI=1S/C10H10BrN3OS2/c1-5(2)7-6(13-9(11)17-7)8(15)14-10-12-3-4-16-10/h3-5H,1-2H3,(H,12,14,15). The normalized spacial score (nSPS) is 10.8. The number of thiazole rings is 2. The molecule has 0 unspecified atom stereocenters. The van der Waals surface area contributed by atoms with Crippen LogP contribution in [0.25, 0.3) is 0 Å². The van der Waals surface area contributed by atoms with Crippen LogP contribution >= 0.6 is 38.6 Å². The summed E-state index contributed by atoms with van der Waals surface area (Å²) in [6, 6.07) is 0. The average Bonchev–Trinajstić information content (AvgIpc) is 2.86. The zero-order chi connectivity index (χ0) is 12.4. The summed E-state index contributed by atoms with van der Waals surface area (Å²) < 4.78 is 0.727. The molecule has 0 bridgehead atoms. The number of carbonyl (C=O) groups excluding carboxylic acids is 1. The first-order valence-electron chi connectivity index (χ1n) is 4.95. The fraction of sp³-hybridized carbons (Fsp3) is 0.300. The number of hydrogen-bond acceptors (Lipinski definition) is 5. The van der Waals surface area contributed by atoms with Gasteiger partial charge in [-0.25, -0.2) is 9.97 Å². The van der Waals surface area contributed by atoms with Gasteiger partial charge in [-0.3, -0.25) is 10.1 Å². The van der Waals surface area contributed by atoms with Gasteiger partial charge in [0.2, 0.25) is 0 Å². The highest BCUT2D eigenvalue weighted by atomic mass is 79.9. The van der Waals surface area contributed by atoms with Crippen molar-refractivity contribution in [2.24, 2.45) is 0 Å². The highest BCUT2D eigenvalue weighted by Gasteiger charge is 2.20. The van der Waals surface area contributed by atoms with Crippen LogP contribution in [0, 0.1) is 0 Å². The molecule has 2 aromatic heterocycles. The zero-order valence-electron chi connectivity index (χ0n) is 9.23. The van der Waals surface area contributed by atoms with Gasteiger partial charge in [0.05, 0.1) is 0 Å². The van der Waals surface area contributed by atoms with E-state index in [0.29, 0.717) is 10.8 Å². The molecule has 0 saturated heterocycles. The Morgan fingerprint density at radius 1 is 1.53 bits per heavy atom. The largest absolute Gasteiger partial charge is 0.296 e. The third-order valence-corrected chi connectivity index (χ3v) is 4.52. The summed E-state index contributed by atoms with van der Waals surface area (Å²) in [6.45, 7) is 4.08. The van der Waals surface area contributed by atoms with Crippen molar-refractivity contribution in [3.63, 3.8) is 0 Å². The molecule has 0 aliphatic carbocycles. The molecule has 2 rings (SSSR count). The minimum absolute atomic E-state index is 0.203. The van der Waals surface area contributed by atoms with Gasteiger partial charge in [-0.2, -0.15) is 0 Å². The molecule has 1 N–H and O–H groups in total. The van der Waals surface area contributed by atoms with Crippen molar-refractivity contribution in [1.82, 2.24) is 9.97 Å². The number of halogens is 1. The molecular weight excluding hydrogens is 322 g/mol. The highest BCUT2D eigenvalue weighted by Crippen LogP contribution is 2.30. The third kappa shape index (κ3) is 2.91. The topological polar surface area (TPSA) is 54.9 Å². The van der Waals surface area contributed by atoms with Gasteiger partial charge < -0.3 is 0 Å². The first-order chi connectivity index (χ1) is 8.08. The molecule has 2 aromatic rings. The van der Waals surface area contributed by atoms with Crippen molar-refractivity contribution in [3.05, 3.63) is 26.1 Å². The van der Waals surface area contributed by atoms with Gasteiger partial charge in [0.15, 0.2) is 9.05 Å². The Labute approximate surface area is 115 Å². The number of rotatable bonds is 3. The van der Waals surface area contributed by atoms with Crippen molar-refractivity contribution < 1.29 is 4.79 Å². The lowest BCUT2D eigenvalue weighted by Gasteiger charge is -2.04. The number of hydrogen-bond donors (Lipinski definition) is 1.